The van der Waals surface area contributed by atoms with Crippen molar-refractivity contribution in [2.45, 2.75) is 45.8 Å². The van der Waals surface area contributed by atoms with Crippen LogP contribution in [0.3, 0.4) is 0 Å². The van der Waals surface area contributed by atoms with Gasteiger partial charge in [0.15, 0.2) is 0 Å². The van der Waals surface area contributed by atoms with Crippen LogP contribution in [0.25, 0.3) is 0 Å². The van der Waals surface area contributed by atoms with Crippen molar-refractivity contribution in [1.29, 1.82) is 0 Å². The molecule has 0 N–H and O–H groups in total. The van der Waals surface area contributed by atoms with Gasteiger partial charge in [-0.25, -0.2) is 4.98 Å². The summed E-state index contributed by atoms with van der Waals surface area (Å²) in [4.78, 5) is 7.04. The lowest BCUT2D eigenvalue weighted by atomic mass is 9.78. The van der Waals surface area contributed by atoms with E-state index < -0.39 is 0 Å². The van der Waals surface area contributed by atoms with E-state index in [1.807, 2.05) is 6.92 Å². The predicted molar refractivity (Wildman–Crippen MR) is 95.4 cm³/mol. The molecule has 1 aromatic heterocycles. The first-order chi connectivity index (χ1) is 10.7. The van der Waals surface area contributed by atoms with Crippen molar-refractivity contribution in [2.75, 3.05) is 31.2 Å². The third-order valence-corrected chi connectivity index (χ3v) is 5.59. The molecule has 0 radical (unpaired) electrons. The maximum atomic E-state index is 6.15. The van der Waals surface area contributed by atoms with Gasteiger partial charge in [0.05, 0.1) is 28.9 Å². The van der Waals surface area contributed by atoms with Crippen molar-refractivity contribution in [3.05, 3.63) is 16.2 Å². The first kappa shape index (κ1) is 17.2. The summed E-state index contributed by atoms with van der Waals surface area (Å²) in [6, 6.07) is 2.08. The Morgan fingerprint density at radius 3 is 2.26 bits per heavy atom. The van der Waals surface area contributed by atoms with Crippen LogP contribution in [-0.4, -0.2) is 49.6 Å². The van der Waals surface area contributed by atoms with Gasteiger partial charge in [-0.3, -0.25) is 0 Å². The van der Waals surface area contributed by atoms with E-state index >= 15 is 0 Å². The predicted octanol–water partition coefficient (Wildman–Crippen LogP) is 2.29. The molecule has 23 heavy (non-hydrogen) atoms. The Labute approximate surface area is 147 Å². The van der Waals surface area contributed by atoms with Crippen LogP contribution < -0.4 is 10.4 Å². The Morgan fingerprint density at radius 1 is 1.13 bits per heavy atom. The fourth-order valence-corrected chi connectivity index (χ4v) is 3.37. The molecule has 0 aliphatic carbocycles. The number of morpholine rings is 1. The first-order valence-corrected chi connectivity index (χ1v) is 8.86. The quantitative estimate of drug-likeness (QED) is 0.734. The van der Waals surface area contributed by atoms with Crippen LogP contribution in [-0.2, 0) is 14.0 Å². The molecule has 2 saturated heterocycles. The number of anilines is 1. The molecule has 0 unspecified atom stereocenters. The number of nitrogens with zero attached hydrogens (tertiary/aromatic N) is 2. The van der Waals surface area contributed by atoms with Crippen LogP contribution in [0.4, 0.5) is 5.82 Å². The third kappa shape index (κ3) is 3.16. The number of pyridine rings is 1. The topological polar surface area (TPSA) is 43.8 Å². The molecule has 1 aromatic rings. The summed E-state index contributed by atoms with van der Waals surface area (Å²) in [5.41, 5.74) is 1.22. The molecule has 2 aliphatic heterocycles. The van der Waals surface area contributed by atoms with Gasteiger partial charge >= 0.3 is 7.12 Å². The van der Waals surface area contributed by atoms with Crippen LogP contribution in [0.5, 0.6) is 0 Å². The zero-order valence-electron chi connectivity index (χ0n) is 14.5. The van der Waals surface area contributed by atoms with E-state index in [9.17, 15) is 0 Å². The van der Waals surface area contributed by atoms with Gasteiger partial charge in [0.2, 0.25) is 0 Å². The molecular formula is C16H24BBrN2O3. The fraction of sp³-hybridized carbons (Fsp3) is 0.688. The summed E-state index contributed by atoms with van der Waals surface area (Å²) in [7, 11) is -0.387. The van der Waals surface area contributed by atoms with Gasteiger partial charge in [0, 0.05) is 24.2 Å². The van der Waals surface area contributed by atoms with Gasteiger partial charge in [-0.2, -0.15) is 0 Å². The Kier molecular flexibility index (Phi) is 4.51. The van der Waals surface area contributed by atoms with E-state index in [1.165, 1.54) is 0 Å². The molecule has 2 fully saturated rings. The Balaban J connectivity index is 1.89. The van der Waals surface area contributed by atoms with E-state index in [-0.39, 0.29) is 18.3 Å². The van der Waals surface area contributed by atoms with Crippen LogP contribution >= 0.6 is 15.9 Å². The highest BCUT2D eigenvalue weighted by Gasteiger charge is 2.52. The summed E-state index contributed by atoms with van der Waals surface area (Å²) < 4.78 is 18.7. The fourth-order valence-electron chi connectivity index (χ4n) is 2.79. The average Bonchev–Trinajstić information content (AvgIpc) is 2.70. The van der Waals surface area contributed by atoms with E-state index in [0.717, 1.165) is 47.8 Å². The molecule has 3 heterocycles. The molecule has 0 aromatic carbocycles. The number of ether oxygens (including phenoxy) is 1. The summed E-state index contributed by atoms with van der Waals surface area (Å²) in [6.45, 7) is 13.5. The van der Waals surface area contributed by atoms with Gasteiger partial charge in [-0.15, -0.1) is 0 Å². The van der Waals surface area contributed by atoms with Gasteiger partial charge in [0.1, 0.15) is 5.82 Å². The molecule has 3 rings (SSSR count). The zero-order valence-corrected chi connectivity index (χ0v) is 16.1. The van der Waals surface area contributed by atoms with Gasteiger partial charge in [-0.1, -0.05) is 0 Å². The lowest BCUT2D eigenvalue weighted by molar-refractivity contribution is 0.00578. The largest absolute Gasteiger partial charge is 0.496 e. The first-order valence-electron chi connectivity index (χ1n) is 8.07. The van der Waals surface area contributed by atoms with Crippen molar-refractivity contribution < 1.29 is 14.0 Å². The highest BCUT2D eigenvalue weighted by atomic mass is 79.9. The standard InChI is InChI=1S/C16H24BBrN2O3/c1-11-12(17-22-15(2,3)16(4,5)23-17)10-13(18)14(19-11)20-6-8-21-9-7-20/h10H,6-9H2,1-5H3. The molecule has 0 bridgehead atoms. The molecule has 2 aliphatic rings. The molecule has 0 saturated carbocycles. The van der Waals surface area contributed by atoms with Gasteiger partial charge in [-0.05, 0) is 56.6 Å². The average molecular weight is 383 g/mol. The Bertz CT molecular complexity index is 587. The number of aromatic nitrogens is 1. The second-order valence-electron chi connectivity index (χ2n) is 7.16. The van der Waals surface area contributed by atoms with E-state index in [4.69, 9.17) is 19.0 Å². The minimum absolute atomic E-state index is 0.348. The number of hydrogen-bond donors (Lipinski definition) is 0. The maximum Gasteiger partial charge on any atom is 0.496 e. The van der Waals surface area contributed by atoms with Gasteiger partial charge < -0.3 is 18.9 Å². The molecule has 0 spiro atoms. The van der Waals surface area contributed by atoms with Crippen molar-refractivity contribution in [3.8, 4) is 0 Å². The van der Waals surface area contributed by atoms with E-state index in [1.54, 1.807) is 0 Å². The number of aryl methyl sites for hydroxylation is 1. The molecule has 126 valence electrons. The minimum Gasteiger partial charge on any atom is -0.399 e. The molecule has 5 nitrogen and oxygen atoms in total. The number of rotatable bonds is 2. The number of hydrogen-bond acceptors (Lipinski definition) is 5. The molecule has 0 amide bonds. The van der Waals surface area contributed by atoms with Crippen LogP contribution in [0.1, 0.15) is 33.4 Å². The van der Waals surface area contributed by atoms with Crippen molar-refractivity contribution in [3.63, 3.8) is 0 Å². The van der Waals surface area contributed by atoms with E-state index in [2.05, 4.69) is 54.6 Å². The second kappa shape index (κ2) is 6.03. The van der Waals surface area contributed by atoms with Crippen LogP contribution in [0, 0.1) is 6.92 Å². The summed E-state index contributed by atoms with van der Waals surface area (Å²) in [5.74, 6) is 0.964. The third-order valence-electron chi connectivity index (χ3n) is 5.01. The summed E-state index contributed by atoms with van der Waals surface area (Å²) >= 11 is 3.66. The lowest BCUT2D eigenvalue weighted by Gasteiger charge is -2.32. The van der Waals surface area contributed by atoms with Crippen molar-refractivity contribution >= 4 is 34.3 Å². The van der Waals surface area contributed by atoms with Gasteiger partial charge in [0.25, 0.3) is 0 Å². The Hall–Kier alpha value is -0.625. The van der Waals surface area contributed by atoms with Crippen LogP contribution in [0.15, 0.2) is 10.5 Å². The van der Waals surface area contributed by atoms with Crippen molar-refractivity contribution in [1.82, 2.24) is 4.98 Å². The summed E-state index contributed by atoms with van der Waals surface area (Å²) in [6.07, 6.45) is 0. The van der Waals surface area contributed by atoms with E-state index in [0.29, 0.717) is 0 Å². The summed E-state index contributed by atoms with van der Waals surface area (Å²) in [5, 5.41) is 0. The maximum absolute atomic E-state index is 6.15. The highest BCUT2D eigenvalue weighted by molar-refractivity contribution is 9.10. The Morgan fingerprint density at radius 2 is 1.70 bits per heavy atom. The highest BCUT2D eigenvalue weighted by Crippen LogP contribution is 2.37. The SMILES string of the molecule is Cc1nc(N2CCOCC2)c(Br)cc1B1OC(C)(C)C(C)(C)O1. The van der Waals surface area contributed by atoms with Crippen LogP contribution in [0.2, 0.25) is 0 Å². The normalized spacial score (nSPS) is 23.4. The smallest absolute Gasteiger partial charge is 0.399 e. The monoisotopic (exact) mass is 382 g/mol. The van der Waals surface area contributed by atoms with Crippen molar-refractivity contribution in [2.24, 2.45) is 0 Å². The molecular weight excluding hydrogens is 359 g/mol. The lowest BCUT2D eigenvalue weighted by Crippen LogP contribution is -2.41. The molecule has 7 heteroatoms. The molecule has 0 atom stereocenters. The minimum atomic E-state index is -0.387. The second-order valence-corrected chi connectivity index (χ2v) is 8.01. The number of halogens is 1. The zero-order chi connectivity index (χ0) is 16.8.